The number of ether oxygens (including phenoxy) is 2. The van der Waals surface area contributed by atoms with Crippen LogP contribution in [-0.2, 0) is 10.9 Å². The van der Waals surface area contributed by atoms with E-state index in [-0.39, 0.29) is 0 Å². The number of hydrogen-bond donors (Lipinski definition) is 1. The number of halogens is 3. The molecule has 0 bridgehead atoms. The van der Waals surface area contributed by atoms with Crippen molar-refractivity contribution in [2.24, 2.45) is 0 Å². The van der Waals surface area contributed by atoms with Gasteiger partial charge in [0.1, 0.15) is 11.4 Å². The molecule has 0 unspecified atom stereocenters. The predicted molar refractivity (Wildman–Crippen MR) is 76.9 cm³/mol. The van der Waals surface area contributed by atoms with Crippen molar-refractivity contribution in [3.63, 3.8) is 0 Å². The van der Waals surface area contributed by atoms with Crippen molar-refractivity contribution in [2.75, 3.05) is 0 Å². The minimum atomic E-state index is -4.81. The minimum Gasteiger partial charge on any atom is -0.478 e. The molecule has 0 spiro atoms. The molecule has 0 radical (unpaired) electrons. The Morgan fingerprint density at radius 2 is 1.88 bits per heavy atom. The van der Waals surface area contributed by atoms with E-state index in [9.17, 15) is 22.8 Å². The average Bonchev–Trinajstić information content (AvgIpc) is 2.94. The van der Waals surface area contributed by atoms with E-state index in [2.05, 4.69) is 11.3 Å². The van der Waals surface area contributed by atoms with Gasteiger partial charge in [0.15, 0.2) is 0 Å². The molecule has 130 valence electrons. The molecule has 1 fully saturated rings. The number of aromatic carboxylic acids is 1. The Hall–Kier alpha value is -2.51. The van der Waals surface area contributed by atoms with E-state index in [4.69, 9.17) is 9.84 Å². The molecule has 1 aromatic carbocycles. The fourth-order valence-corrected chi connectivity index (χ4v) is 2.57. The van der Waals surface area contributed by atoms with E-state index in [0.717, 1.165) is 18.9 Å². The molecule has 0 aliphatic heterocycles. The molecule has 0 amide bonds. The summed E-state index contributed by atoms with van der Waals surface area (Å²) >= 11 is 0. The molecule has 5 nitrogen and oxygen atoms in total. The molecule has 8 heteroatoms. The number of carbonyl (C=O) groups is 2. The molecule has 2 rings (SSSR count). The van der Waals surface area contributed by atoms with Crippen molar-refractivity contribution in [3.05, 3.63) is 42.0 Å². The summed E-state index contributed by atoms with van der Waals surface area (Å²) in [7, 11) is 0. The number of carboxylic acids is 1. The lowest BCUT2D eigenvalue weighted by atomic mass is 10.0. The van der Waals surface area contributed by atoms with E-state index in [1.807, 2.05) is 0 Å². The lowest BCUT2D eigenvalue weighted by Gasteiger charge is -2.24. The summed E-state index contributed by atoms with van der Waals surface area (Å²) in [5.41, 5.74) is -2.66. The van der Waals surface area contributed by atoms with Crippen LogP contribution >= 0.6 is 0 Å². The summed E-state index contributed by atoms with van der Waals surface area (Å²) in [6.45, 7) is 3.58. The quantitative estimate of drug-likeness (QED) is 0.497. The lowest BCUT2D eigenvalue weighted by molar-refractivity contribution is -0.138. The van der Waals surface area contributed by atoms with Gasteiger partial charge in [-0.1, -0.05) is 6.58 Å². The number of carbonyl (C=O) groups excluding carboxylic acids is 1. The fraction of sp³-hybridized carbons (Fsp3) is 0.375. The smallest absolute Gasteiger partial charge is 0.478 e. The monoisotopic (exact) mass is 344 g/mol. The summed E-state index contributed by atoms with van der Waals surface area (Å²) in [6.07, 6.45) is -2.11. The van der Waals surface area contributed by atoms with Gasteiger partial charge in [-0.15, -0.1) is 0 Å². The van der Waals surface area contributed by atoms with Crippen LogP contribution in [0, 0.1) is 0 Å². The minimum absolute atomic E-state index is 0.440. The number of carboxylic acid groups (broad SMARTS) is 1. The zero-order chi connectivity index (χ0) is 18.0. The van der Waals surface area contributed by atoms with Crippen LogP contribution in [0.15, 0.2) is 30.9 Å². The third-order valence-electron chi connectivity index (χ3n) is 3.84. The van der Waals surface area contributed by atoms with Crippen molar-refractivity contribution < 1.29 is 37.3 Å². The highest BCUT2D eigenvalue weighted by Crippen LogP contribution is 2.38. The molecule has 1 aliphatic carbocycles. The normalized spacial score (nSPS) is 16.5. The highest BCUT2D eigenvalue weighted by Gasteiger charge is 2.38. The van der Waals surface area contributed by atoms with Gasteiger partial charge in [0, 0.05) is 0 Å². The zero-order valence-corrected chi connectivity index (χ0v) is 12.6. The van der Waals surface area contributed by atoms with Crippen LogP contribution in [0.5, 0.6) is 5.75 Å². The number of rotatable bonds is 4. The Balaban J connectivity index is 2.26. The van der Waals surface area contributed by atoms with Crippen molar-refractivity contribution in [3.8, 4) is 5.75 Å². The Labute approximate surface area is 135 Å². The number of hydrogen-bond acceptors (Lipinski definition) is 4. The topological polar surface area (TPSA) is 72.8 Å². The van der Waals surface area contributed by atoms with Crippen LogP contribution < -0.4 is 4.74 Å². The van der Waals surface area contributed by atoms with Crippen LogP contribution in [0.2, 0.25) is 0 Å². The second-order valence-electron chi connectivity index (χ2n) is 5.44. The molecule has 1 aromatic rings. The van der Waals surface area contributed by atoms with Gasteiger partial charge in [-0.05, 0) is 50.0 Å². The highest BCUT2D eigenvalue weighted by molar-refractivity contribution is 5.88. The van der Waals surface area contributed by atoms with Gasteiger partial charge in [-0.2, -0.15) is 13.2 Å². The van der Waals surface area contributed by atoms with Crippen LogP contribution in [-0.4, -0.2) is 22.8 Å². The van der Waals surface area contributed by atoms with E-state index in [1.165, 1.54) is 6.08 Å². The highest BCUT2D eigenvalue weighted by atomic mass is 19.4. The molecule has 1 N–H and O–H groups in total. The molecule has 1 saturated carbocycles. The van der Waals surface area contributed by atoms with Crippen molar-refractivity contribution >= 4 is 12.1 Å². The SMILES string of the molecule is C=CC1(OC(=O)Oc2cc(C(=O)O)ccc2C(F)(F)F)CCCC1. The first-order valence-electron chi connectivity index (χ1n) is 7.16. The maximum absolute atomic E-state index is 13.0. The number of benzene rings is 1. The fourth-order valence-electron chi connectivity index (χ4n) is 2.57. The first-order chi connectivity index (χ1) is 11.2. The summed E-state index contributed by atoms with van der Waals surface area (Å²) in [4.78, 5) is 22.8. The summed E-state index contributed by atoms with van der Waals surface area (Å²) in [6, 6.07) is 1.97. The lowest BCUT2D eigenvalue weighted by Crippen LogP contribution is -2.31. The number of alkyl halides is 3. The van der Waals surface area contributed by atoms with Gasteiger partial charge in [-0.25, -0.2) is 9.59 Å². The van der Waals surface area contributed by atoms with Crippen molar-refractivity contribution in [1.82, 2.24) is 0 Å². The largest absolute Gasteiger partial charge is 0.514 e. The summed E-state index contributed by atoms with van der Waals surface area (Å²) in [5.74, 6) is -2.36. The maximum Gasteiger partial charge on any atom is 0.514 e. The molecule has 24 heavy (non-hydrogen) atoms. The Bertz CT molecular complexity index is 660. The first-order valence-corrected chi connectivity index (χ1v) is 7.16. The predicted octanol–water partition coefficient (Wildman–Crippen LogP) is 4.42. The second-order valence-corrected chi connectivity index (χ2v) is 5.44. The van der Waals surface area contributed by atoms with Crippen LogP contribution in [0.4, 0.5) is 18.0 Å². The van der Waals surface area contributed by atoms with Crippen LogP contribution in [0.3, 0.4) is 0 Å². The standard InChI is InChI=1S/C16H15F3O5/c1-2-15(7-3-4-8-15)24-14(22)23-12-9-10(13(20)21)5-6-11(12)16(17,18)19/h2,5-6,9H,1,3-4,7-8H2,(H,20,21). The van der Waals surface area contributed by atoms with E-state index in [1.54, 1.807) is 0 Å². The van der Waals surface area contributed by atoms with Crippen molar-refractivity contribution in [2.45, 2.75) is 37.5 Å². The summed E-state index contributed by atoms with van der Waals surface area (Å²) < 4.78 is 48.7. The Morgan fingerprint density at radius 3 is 2.38 bits per heavy atom. The molecular weight excluding hydrogens is 329 g/mol. The molecule has 0 aromatic heterocycles. The Morgan fingerprint density at radius 1 is 1.25 bits per heavy atom. The van der Waals surface area contributed by atoms with Gasteiger partial charge >= 0.3 is 18.3 Å². The third-order valence-corrected chi connectivity index (χ3v) is 3.84. The van der Waals surface area contributed by atoms with Gasteiger partial charge < -0.3 is 14.6 Å². The van der Waals surface area contributed by atoms with E-state index in [0.29, 0.717) is 25.0 Å². The third kappa shape index (κ3) is 3.87. The van der Waals surface area contributed by atoms with E-state index < -0.39 is 40.8 Å². The molecule has 0 saturated heterocycles. The second kappa shape index (κ2) is 6.54. The van der Waals surface area contributed by atoms with E-state index >= 15 is 0 Å². The van der Waals surface area contributed by atoms with Crippen LogP contribution in [0.25, 0.3) is 0 Å². The van der Waals surface area contributed by atoms with Gasteiger partial charge in [0.05, 0.1) is 11.1 Å². The molecular formula is C16H15F3O5. The van der Waals surface area contributed by atoms with Crippen molar-refractivity contribution in [1.29, 1.82) is 0 Å². The molecule has 1 aliphatic rings. The Kier molecular flexibility index (Phi) is 4.86. The maximum atomic E-state index is 13.0. The zero-order valence-electron chi connectivity index (χ0n) is 12.6. The molecule has 0 heterocycles. The van der Waals surface area contributed by atoms with Crippen LogP contribution in [0.1, 0.15) is 41.6 Å². The first kappa shape index (κ1) is 17.8. The van der Waals surface area contributed by atoms with Gasteiger partial charge in [-0.3, -0.25) is 0 Å². The van der Waals surface area contributed by atoms with Gasteiger partial charge in [0.2, 0.25) is 0 Å². The summed E-state index contributed by atoms with van der Waals surface area (Å²) in [5, 5.41) is 8.88. The van der Waals surface area contributed by atoms with Gasteiger partial charge in [0.25, 0.3) is 0 Å². The molecule has 0 atom stereocenters. The average molecular weight is 344 g/mol.